The average Bonchev–Trinajstić information content (AvgIpc) is 3.32. The number of ketones is 1. The van der Waals surface area contributed by atoms with Crippen LogP contribution in [0.2, 0.25) is 0 Å². The number of ether oxygens (including phenoxy) is 3. The third-order valence-corrected chi connectivity index (χ3v) is 6.06. The number of benzene rings is 1. The Hall–Kier alpha value is -2.84. The molecule has 0 saturated heterocycles. The highest BCUT2D eigenvalue weighted by molar-refractivity contribution is 7.12. The van der Waals surface area contributed by atoms with Gasteiger partial charge in [-0.05, 0) is 35.2 Å². The largest absolute Gasteiger partial charge is 0.493 e. The van der Waals surface area contributed by atoms with E-state index in [2.05, 4.69) is 0 Å². The minimum atomic E-state index is -0.177. The van der Waals surface area contributed by atoms with Crippen molar-refractivity contribution < 1.29 is 19.0 Å². The summed E-state index contributed by atoms with van der Waals surface area (Å²) in [4.78, 5) is 25.6. The highest BCUT2D eigenvalue weighted by atomic mass is 32.1. The molecule has 146 valence electrons. The quantitative estimate of drug-likeness (QED) is 0.574. The second-order valence-electron chi connectivity index (χ2n) is 5.76. The maximum absolute atomic E-state index is 12.6. The third-order valence-electron chi connectivity index (χ3n) is 4.06. The van der Waals surface area contributed by atoms with E-state index in [-0.39, 0.29) is 11.3 Å². The van der Waals surface area contributed by atoms with Crippen molar-refractivity contribution in [2.45, 2.75) is 0 Å². The van der Waals surface area contributed by atoms with E-state index in [1.54, 1.807) is 31.3 Å². The van der Waals surface area contributed by atoms with Crippen LogP contribution in [0.15, 0.2) is 34.4 Å². The van der Waals surface area contributed by atoms with Crippen LogP contribution in [0.1, 0.15) is 15.2 Å². The molecule has 0 aliphatic heterocycles. The molecule has 0 bridgehead atoms. The highest BCUT2D eigenvalue weighted by Gasteiger charge is 2.13. The smallest absolute Gasteiger partial charge is 0.268 e. The van der Waals surface area contributed by atoms with E-state index < -0.39 is 0 Å². The lowest BCUT2D eigenvalue weighted by Gasteiger charge is -2.12. The number of carbonyl (C=O) groups excluding carboxylic acids is 1. The Kier molecular flexibility index (Phi) is 6.01. The lowest BCUT2D eigenvalue weighted by molar-refractivity contribution is 0.106. The van der Waals surface area contributed by atoms with Crippen LogP contribution in [-0.2, 0) is 7.05 Å². The molecule has 0 aliphatic rings. The molecule has 0 atom stereocenters. The van der Waals surface area contributed by atoms with E-state index in [1.165, 1.54) is 54.6 Å². The maximum Gasteiger partial charge on any atom is 0.268 e. The van der Waals surface area contributed by atoms with Crippen LogP contribution in [0.3, 0.4) is 0 Å². The topological polar surface area (TPSA) is 66.8 Å². The Morgan fingerprint density at radius 1 is 1.11 bits per heavy atom. The van der Waals surface area contributed by atoms with Gasteiger partial charge in [0, 0.05) is 13.1 Å². The van der Waals surface area contributed by atoms with Crippen LogP contribution in [0.5, 0.6) is 17.2 Å². The molecule has 8 heteroatoms. The zero-order valence-electron chi connectivity index (χ0n) is 15.8. The third kappa shape index (κ3) is 3.88. The fourth-order valence-corrected chi connectivity index (χ4v) is 4.31. The molecule has 0 saturated carbocycles. The molecule has 0 amide bonds. The summed E-state index contributed by atoms with van der Waals surface area (Å²) in [6.45, 7) is 0. The zero-order chi connectivity index (χ0) is 20.3. The van der Waals surface area contributed by atoms with Crippen LogP contribution in [0.4, 0.5) is 0 Å². The predicted octanol–water partition coefficient (Wildman–Crippen LogP) is 2.03. The fraction of sp³-hybridized carbons (Fsp3) is 0.200. The van der Waals surface area contributed by atoms with E-state index in [0.717, 1.165) is 5.56 Å². The van der Waals surface area contributed by atoms with Gasteiger partial charge in [0.15, 0.2) is 17.3 Å². The summed E-state index contributed by atoms with van der Waals surface area (Å²) >= 11 is 2.62. The number of hydrogen-bond acceptors (Lipinski definition) is 7. The van der Waals surface area contributed by atoms with Crippen molar-refractivity contribution in [1.82, 2.24) is 4.57 Å². The van der Waals surface area contributed by atoms with Gasteiger partial charge in [-0.15, -0.1) is 22.7 Å². The number of carbonyl (C=O) groups is 1. The molecule has 0 unspecified atom stereocenters. The molecule has 1 aromatic carbocycles. The molecule has 2 aromatic heterocycles. The molecule has 2 heterocycles. The second kappa shape index (κ2) is 8.45. The first-order valence-corrected chi connectivity index (χ1v) is 9.95. The molecule has 3 aromatic rings. The Labute approximate surface area is 169 Å². The van der Waals surface area contributed by atoms with Crippen LogP contribution in [0, 0.1) is 0 Å². The number of rotatable bonds is 6. The van der Waals surface area contributed by atoms with E-state index in [0.29, 0.717) is 31.3 Å². The van der Waals surface area contributed by atoms with E-state index in [1.807, 2.05) is 11.4 Å². The number of thiophene rings is 1. The first kappa shape index (κ1) is 19.9. The molecular weight excluding hydrogens is 398 g/mol. The molecule has 0 N–H and O–H groups in total. The Balaban J connectivity index is 2.12. The van der Waals surface area contributed by atoms with Crippen LogP contribution >= 0.6 is 22.7 Å². The summed E-state index contributed by atoms with van der Waals surface area (Å²) < 4.78 is 18.6. The van der Waals surface area contributed by atoms with Gasteiger partial charge < -0.3 is 18.8 Å². The first-order chi connectivity index (χ1) is 13.5. The number of hydrogen-bond donors (Lipinski definition) is 0. The fourth-order valence-electron chi connectivity index (χ4n) is 2.65. The van der Waals surface area contributed by atoms with Crippen molar-refractivity contribution in [3.05, 3.63) is 59.6 Å². The lowest BCUT2D eigenvalue weighted by atomic mass is 10.1. The van der Waals surface area contributed by atoms with Gasteiger partial charge in [-0.25, -0.2) is 0 Å². The van der Waals surface area contributed by atoms with Gasteiger partial charge in [0.2, 0.25) is 5.75 Å². The van der Waals surface area contributed by atoms with Gasteiger partial charge in [0.05, 0.1) is 30.7 Å². The Morgan fingerprint density at radius 3 is 2.32 bits per heavy atom. The van der Waals surface area contributed by atoms with Crippen molar-refractivity contribution in [2.75, 3.05) is 21.3 Å². The molecule has 6 nitrogen and oxygen atoms in total. The molecule has 0 aliphatic carbocycles. The minimum Gasteiger partial charge on any atom is -0.493 e. The van der Waals surface area contributed by atoms with Gasteiger partial charge >= 0.3 is 0 Å². The van der Waals surface area contributed by atoms with Crippen molar-refractivity contribution in [3.8, 4) is 17.2 Å². The molecule has 28 heavy (non-hydrogen) atoms. The second-order valence-corrected chi connectivity index (χ2v) is 7.77. The monoisotopic (exact) mass is 417 g/mol. The number of Topliss-reactive ketones (excluding diaryl/α,β-unsaturated/α-hetero) is 1. The number of methoxy groups -OCH3 is 3. The molecular formula is C20H19NO5S2. The Morgan fingerprint density at radius 2 is 1.79 bits per heavy atom. The van der Waals surface area contributed by atoms with Crippen molar-refractivity contribution in [1.29, 1.82) is 0 Å². The predicted molar refractivity (Wildman–Crippen MR) is 112 cm³/mol. The summed E-state index contributed by atoms with van der Waals surface area (Å²) in [5.41, 5.74) is 0.550. The summed E-state index contributed by atoms with van der Waals surface area (Å²) in [6.07, 6.45) is 3.23. The van der Waals surface area contributed by atoms with Crippen molar-refractivity contribution in [2.24, 2.45) is 7.05 Å². The van der Waals surface area contributed by atoms with Gasteiger partial charge in [-0.2, -0.15) is 0 Å². The van der Waals surface area contributed by atoms with E-state index in [4.69, 9.17) is 14.2 Å². The van der Waals surface area contributed by atoms with Gasteiger partial charge in [-0.3, -0.25) is 9.59 Å². The summed E-state index contributed by atoms with van der Waals surface area (Å²) in [7, 11) is 6.26. The standard InChI is InChI=1S/C20H19NO5S2/c1-21-18(11-13(22)16-6-5-7-27-16)28-17(20(21)23)10-12-8-14(24-2)19(26-4)15(9-12)25-3/h5-11H,1-4H3/b17-10-,18-11-. The van der Waals surface area contributed by atoms with Gasteiger partial charge in [-0.1, -0.05) is 6.07 Å². The summed E-state index contributed by atoms with van der Waals surface area (Å²) in [6, 6.07) is 7.11. The normalized spacial score (nSPS) is 12.3. The van der Waals surface area contributed by atoms with Gasteiger partial charge in [0.25, 0.3) is 5.56 Å². The number of thiazole rings is 1. The SMILES string of the molecule is COc1cc(/C=c2\s/c(=C\C(=O)c3cccs3)n(C)c2=O)cc(OC)c1OC. The molecule has 0 spiro atoms. The Bertz CT molecular complexity index is 1150. The average molecular weight is 418 g/mol. The lowest BCUT2D eigenvalue weighted by Crippen LogP contribution is -2.29. The summed E-state index contributed by atoms with van der Waals surface area (Å²) in [5, 5.41) is 1.85. The number of aromatic nitrogens is 1. The highest BCUT2D eigenvalue weighted by Crippen LogP contribution is 2.38. The van der Waals surface area contributed by atoms with E-state index >= 15 is 0 Å². The summed E-state index contributed by atoms with van der Waals surface area (Å²) in [5.74, 6) is 1.37. The molecule has 0 radical (unpaired) electrons. The first-order valence-electron chi connectivity index (χ1n) is 8.25. The molecule has 3 rings (SSSR count). The van der Waals surface area contributed by atoms with Crippen molar-refractivity contribution in [3.63, 3.8) is 0 Å². The van der Waals surface area contributed by atoms with Crippen LogP contribution in [-0.4, -0.2) is 31.7 Å². The van der Waals surface area contributed by atoms with E-state index in [9.17, 15) is 9.59 Å². The molecule has 0 fully saturated rings. The number of nitrogens with zero attached hydrogens (tertiary/aromatic N) is 1. The van der Waals surface area contributed by atoms with Crippen LogP contribution in [0.25, 0.3) is 12.2 Å². The maximum atomic E-state index is 12.6. The van der Waals surface area contributed by atoms with Gasteiger partial charge in [0.1, 0.15) is 4.66 Å². The van der Waals surface area contributed by atoms with Crippen LogP contribution < -0.4 is 29.0 Å². The zero-order valence-corrected chi connectivity index (χ0v) is 17.5. The van der Waals surface area contributed by atoms with Crippen molar-refractivity contribution >= 4 is 40.6 Å². The minimum absolute atomic E-state index is 0.119.